The SMILES string of the molecule is Cc1cc(OC2CCCC2)nc(NN)n1. The Balaban J connectivity index is 2.09. The van der Waals surface area contributed by atoms with Crippen LogP contribution in [0.25, 0.3) is 0 Å². The molecule has 1 aliphatic rings. The average molecular weight is 208 g/mol. The molecule has 0 saturated heterocycles. The van der Waals surface area contributed by atoms with Crippen molar-refractivity contribution in [2.75, 3.05) is 5.43 Å². The number of anilines is 1. The van der Waals surface area contributed by atoms with E-state index in [2.05, 4.69) is 15.4 Å². The smallest absolute Gasteiger partial charge is 0.240 e. The molecule has 15 heavy (non-hydrogen) atoms. The lowest BCUT2D eigenvalue weighted by Crippen LogP contribution is -2.15. The highest BCUT2D eigenvalue weighted by Crippen LogP contribution is 2.23. The van der Waals surface area contributed by atoms with Gasteiger partial charge in [0.2, 0.25) is 11.8 Å². The van der Waals surface area contributed by atoms with Gasteiger partial charge in [0, 0.05) is 11.8 Å². The lowest BCUT2D eigenvalue weighted by atomic mass is 10.3. The summed E-state index contributed by atoms with van der Waals surface area (Å²) in [5, 5.41) is 0. The summed E-state index contributed by atoms with van der Waals surface area (Å²) in [6, 6.07) is 1.83. The number of hydrogen-bond donors (Lipinski definition) is 2. The van der Waals surface area contributed by atoms with Crippen LogP contribution in [0.5, 0.6) is 5.88 Å². The third kappa shape index (κ3) is 2.56. The van der Waals surface area contributed by atoms with E-state index >= 15 is 0 Å². The summed E-state index contributed by atoms with van der Waals surface area (Å²) in [6.45, 7) is 1.89. The van der Waals surface area contributed by atoms with Crippen LogP contribution in [0.1, 0.15) is 31.4 Å². The molecule has 1 saturated carbocycles. The Labute approximate surface area is 89.0 Å². The summed E-state index contributed by atoms with van der Waals surface area (Å²) >= 11 is 0. The number of ether oxygens (including phenoxy) is 1. The second-order valence-electron chi connectivity index (χ2n) is 3.84. The van der Waals surface area contributed by atoms with Crippen molar-refractivity contribution >= 4 is 5.95 Å². The second-order valence-corrected chi connectivity index (χ2v) is 3.84. The minimum absolute atomic E-state index is 0.310. The number of rotatable bonds is 3. The number of aromatic nitrogens is 2. The van der Waals surface area contributed by atoms with E-state index in [0.717, 1.165) is 18.5 Å². The van der Waals surface area contributed by atoms with Crippen molar-refractivity contribution in [3.63, 3.8) is 0 Å². The van der Waals surface area contributed by atoms with Gasteiger partial charge in [0.1, 0.15) is 6.10 Å². The first-order valence-corrected chi connectivity index (χ1v) is 5.27. The zero-order valence-electron chi connectivity index (χ0n) is 8.86. The number of hydrazine groups is 1. The number of hydrogen-bond acceptors (Lipinski definition) is 5. The van der Waals surface area contributed by atoms with Gasteiger partial charge in [0.25, 0.3) is 0 Å². The zero-order valence-corrected chi connectivity index (χ0v) is 8.86. The molecule has 2 rings (SSSR count). The first-order valence-electron chi connectivity index (χ1n) is 5.27. The highest BCUT2D eigenvalue weighted by Gasteiger charge is 2.17. The van der Waals surface area contributed by atoms with Crippen molar-refractivity contribution in [3.05, 3.63) is 11.8 Å². The molecule has 0 bridgehead atoms. The maximum atomic E-state index is 5.75. The normalized spacial score (nSPS) is 16.7. The van der Waals surface area contributed by atoms with Gasteiger partial charge in [-0.15, -0.1) is 0 Å². The van der Waals surface area contributed by atoms with Crippen LogP contribution in [-0.4, -0.2) is 16.1 Å². The Morgan fingerprint density at radius 2 is 2.13 bits per heavy atom. The van der Waals surface area contributed by atoms with Crippen molar-refractivity contribution in [1.82, 2.24) is 9.97 Å². The van der Waals surface area contributed by atoms with E-state index in [9.17, 15) is 0 Å². The summed E-state index contributed by atoms with van der Waals surface area (Å²) in [5.74, 6) is 6.28. The standard InChI is InChI=1S/C10H16N4O/c1-7-6-9(13-10(12-7)14-11)15-8-4-2-3-5-8/h6,8H,2-5,11H2,1H3,(H,12,13,14). The van der Waals surface area contributed by atoms with Crippen molar-refractivity contribution in [3.8, 4) is 5.88 Å². The first-order chi connectivity index (χ1) is 7.28. The lowest BCUT2D eigenvalue weighted by molar-refractivity contribution is 0.201. The van der Waals surface area contributed by atoms with Crippen LogP contribution in [-0.2, 0) is 0 Å². The molecule has 5 nitrogen and oxygen atoms in total. The molecule has 0 aromatic carbocycles. The number of nitrogens with two attached hydrogens (primary N) is 1. The van der Waals surface area contributed by atoms with Gasteiger partial charge in [-0.25, -0.2) is 10.8 Å². The van der Waals surface area contributed by atoms with Gasteiger partial charge in [0.15, 0.2) is 0 Å². The molecule has 1 aliphatic carbocycles. The molecule has 0 spiro atoms. The summed E-state index contributed by atoms with van der Waals surface area (Å²) < 4.78 is 5.75. The fraction of sp³-hybridized carbons (Fsp3) is 0.600. The minimum atomic E-state index is 0.310. The van der Waals surface area contributed by atoms with Crippen LogP contribution < -0.4 is 16.0 Å². The van der Waals surface area contributed by atoms with E-state index in [4.69, 9.17) is 10.6 Å². The second kappa shape index (κ2) is 4.44. The average Bonchev–Trinajstić information content (AvgIpc) is 2.69. The van der Waals surface area contributed by atoms with Crippen molar-refractivity contribution < 1.29 is 4.74 Å². The van der Waals surface area contributed by atoms with Gasteiger partial charge in [0.05, 0.1) is 0 Å². The van der Waals surface area contributed by atoms with E-state index in [1.165, 1.54) is 12.8 Å². The van der Waals surface area contributed by atoms with E-state index < -0.39 is 0 Å². The Morgan fingerprint density at radius 1 is 1.40 bits per heavy atom. The quantitative estimate of drug-likeness (QED) is 0.580. The fourth-order valence-corrected chi connectivity index (χ4v) is 1.84. The van der Waals surface area contributed by atoms with Crippen LogP contribution in [0.15, 0.2) is 6.07 Å². The zero-order chi connectivity index (χ0) is 10.7. The Morgan fingerprint density at radius 3 is 2.80 bits per heavy atom. The first kappa shape index (κ1) is 10.2. The third-order valence-electron chi connectivity index (χ3n) is 2.55. The number of nitrogens with one attached hydrogen (secondary N) is 1. The predicted molar refractivity (Wildman–Crippen MR) is 57.5 cm³/mol. The molecule has 5 heteroatoms. The molecule has 3 N–H and O–H groups in total. The van der Waals surface area contributed by atoms with E-state index in [1.807, 2.05) is 13.0 Å². The Hall–Kier alpha value is -1.36. The van der Waals surface area contributed by atoms with Crippen LogP contribution in [0.4, 0.5) is 5.95 Å². The van der Waals surface area contributed by atoms with E-state index in [0.29, 0.717) is 17.9 Å². The van der Waals surface area contributed by atoms with Crippen molar-refractivity contribution in [2.24, 2.45) is 5.84 Å². The third-order valence-corrected chi connectivity index (χ3v) is 2.55. The van der Waals surface area contributed by atoms with Crippen LogP contribution >= 0.6 is 0 Å². The maximum Gasteiger partial charge on any atom is 0.240 e. The molecular formula is C10H16N4O. The van der Waals surface area contributed by atoms with Crippen molar-refractivity contribution in [1.29, 1.82) is 0 Å². The van der Waals surface area contributed by atoms with Gasteiger partial charge < -0.3 is 4.74 Å². The number of nitrogens with zero attached hydrogens (tertiary/aromatic N) is 2. The molecule has 1 aromatic heterocycles. The molecular weight excluding hydrogens is 192 g/mol. The maximum absolute atomic E-state index is 5.75. The van der Waals surface area contributed by atoms with E-state index in [1.54, 1.807) is 0 Å². The van der Waals surface area contributed by atoms with E-state index in [-0.39, 0.29) is 0 Å². The summed E-state index contributed by atoms with van der Waals surface area (Å²) in [7, 11) is 0. The van der Waals surface area contributed by atoms with Crippen LogP contribution in [0, 0.1) is 6.92 Å². The highest BCUT2D eigenvalue weighted by molar-refractivity contribution is 5.29. The Kier molecular flexibility index (Phi) is 3.01. The monoisotopic (exact) mass is 208 g/mol. The molecule has 0 atom stereocenters. The largest absolute Gasteiger partial charge is 0.474 e. The van der Waals surface area contributed by atoms with Gasteiger partial charge in [-0.2, -0.15) is 4.98 Å². The molecule has 1 aromatic rings. The van der Waals surface area contributed by atoms with Gasteiger partial charge in [-0.3, -0.25) is 5.43 Å². The predicted octanol–water partition coefficient (Wildman–Crippen LogP) is 1.39. The van der Waals surface area contributed by atoms with Crippen LogP contribution in [0.2, 0.25) is 0 Å². The van der Waals surface area contributed by atoms with Gasteiger partial charge >= 0.3 is 0 Å². The Bertz CT molecular complexity index is 336. The molecule has 0 amide bonds. The number of nitrogen functional groups attached to an aromatic ring is 1. The molecule has 1 fully saturated rings. The molecule has 0 radical (unpaired) electrons. The molecule has 82 valence electrons. The van der Waals surface area contributed by atoms with Crippen molar-refractivity contribution in [2.45, 2.75) is 38.7 Å². The molecule has 1 heterocycles. The molecule has 0 unspecified atom stereocenters. The summed E-state index contributed by atoms with van der Waals surface area (Å²) in [6.07, 6.45) is 5.04. The molecule has 0 aliphatic heterocycles. The number of aryl methyl sites for hydroxylation is 1. The highest BCUT2D eigenvalue weighted by atomic mass is 16.5. The topological polar surface area (TPSA) is 73.1 Å². The van der Waals surface area contributed by atoms with Gasteiger partial charge in [-0.1, -0.05) is 0 Å². The lowest BCUT2D eigenvalue weighted by Gasteiger charge is -2.12. The fourth-order valence-electron chi connectivity index (χ4n) is 1.84. The van der Waals surface area contributed by atoms with Gasteiger partial charge in [-0.05, 0) is 32.6 Å². The minimum Gasteiger partial charge on any atom is -0.474 e. The summed E-state index contributed by atoms with van der Waals surface area (Å²) in [4.78, 5) is 8.25. The van der Waals surface area contributed by atoms with Crippen LogP contribution in [0.3, 0.4) is 0 Å². The summed E-state index contributed by atoms with van der Waals surface area (Å²) in [5.41, 5.74) is 3.28.